The second-order valence-electron chi connectivity index (χ2n) is 5.95. The summed E-state index contributed by atoms with van der Waals surface area (Å²) in [5.74, 6) is 2.54. The molecule has 0 aliphatic heterocycles. The van der Waals surface area contributed by atoms with Gasteiger partial charge in [-0.3, -0.25) is 0 Å². The SMILES string of the molecule is CCCn1c(C2CCCC2C)nc2cc(C#N)ccc21. The fourth-order valence-corrected chi connectivity index (χ4v) is 3.49. The Morgan fingerprint density at radius 3 is 2.90 bits per heavy atom. The predicted octanol–water partition coefficient (Wildman–Crippen LogP) is 4.22. The van der Waals surface area contributed by atoms with Crippen molar-refractivity contribution in [2.75, 3.05) is 0 Å². The lowest BCUT2D eigenvalue weighted by atomic mass is 9.97. The van der Waals surface area contributed by atoms with Gasteiger partial charge in [-0.15, -0.1) is 0 Å². The Morgan fingerprint density at radius 1 is 1.40 bits per heavy atom. The van der Waals surface area contributed by atoms with Crippen molar-refractivity contribution in [2.24, 2.45) is 5.92 Å². The standard InChI is InChI=1S/C17H21N3/c1-3-9-20-16-8-7-13(11-18)10-15(16)19-17(20)14-6-4-5-12(14)2/h7-8,10,12,14H,3-6,9H2,1-2H3. The van der Waals surface area contributed by atoms with Crippen LogP contribution in [0.5, 0.6) is 0 Å². The largest absolute Gasteiger partial charge is 0.328 e. The lowest BCUT2D eigenvalue weighted by Gasteiger charge is -2.17. The van der Waals surface area contributed by atoms with E-state index >= 15 is 0 Å². The maximum Gasteiger partial charge on any atom is 0.113 e. The number of nitrogens with zero attached hydrogens (tertiary/aromatic N) is 3. The number of imidazole rings is 1. The van der Waals surface area contributed by atoms with Crippen molar-refractivity contribution >= 4 is 11.0 Å². The van der Waals surface area contributed by atoms with Gasteiger partial charge in [0, 0.05) is 12.5 Å². The molecule has 0 bridgehead atoms. The van der Waals surface area contributed by atoms with Crippen LogP contribution in [0.1, 0.15) is 56.8 Å². The Balaban J connectivity index is 2.14. The fraction of sp³-hybridized carbons (Fsp3) is 0.529. The Morgan fingerprint density at radius 2 is 2.25 bits per heavy atom. The summed E-state index contributed by atoms with van der Waals surface area (Å²) < 4.78 is 2.38. The van der Waals surface area contributed by atoms with E-state index in [-0.39, 0.29) is 0 Å². The normalized spacial score (nSPS) is 22.2. The van der Waals surface area contributed by atoms with Gasteiger partial charge in [-0.25, -0.2) is 4.98 Å². The van der Waals surface area contributed by atoms with E-state index in [0.717, 1.165) is 24.4 Å². The van der Waals surface area contributed by atoms with Crippen LogP contribution in [0.15, 0.2) is 18.2 Å². The molecule has 3 rings (SSSR count). The van der Waals surface area contributed by atoms with Crippen molar-refractivity contribution in [2.45, 2.75) is 52.0 Å². The van der Waals surface area contributed by atoms with Crippen LogP contribution in [0.2, 0.25) is 0 Å². The maximum absolute atomic E-state index is 9.05. The number of nitriles is 1. The van der Waals surface area contributed by atoms with Gasteiger partial charge < -0.3 is 4.57 Å². The summed E-state index contributed by atoms with van der Waals surface area (Å²) in [6.07, 6.45) is 4.98. The van der Waals surface area contributed by atoms with Gasteiger partial charge in [0.2, 0.25) is 0 Å². The minimum Gasteiger partial charge on any atom is -0.328 e. The number of hydrogen-bond donors (Lipinski definition) is 0. The van der Waals surface area contributed by atoms with Crippen molar-refractivity contribution in [1.82, 2.24) is 9.55 Å². The molecule has 0 radical (unpaired) electrons. The average Bonchev–Trinajstić information content (AvgIpc) is 3.02. The molecule has 1 aliphatic rings. The number of benzene rings is 1. The molecule has 2 atom stereocenters. The van der Waals surface area contributed by atoms with Crippen LogP contribution in [0.25, 0.3) is 11.0 Å². The molecule has 1 aliphatic carbocycles. The quantitative estimate of drug-likeness (QED) is 0.835. The highest BCUT2D eigenvalue weighted by molar-refractivity contribution is 5.78. The van der Waals surface area contributed by atoms with Crippen LogP contribution in [-0.4, -0.2) is 9.55 Å². The minimum atomic E-state index is 0.583. The summed E-state index contributed by atoms with van der Waals surface area (Å²) in [4.78, 5) is 4.88. The lowest BCUT2D eigenvalue weighted by Crippen LogP contribution is -2.11. The smallest absolute Gasteiger partial charge is 0.113 e. The van der Waals surface area contributed by atoms with E-state index < -0.39 is 0 Å². The Kier molecular flexibility index (Phi) is 3.48. The maximum atomic E-state index is 9.05. The summed E-state index contributed by atoms with van der Waals surface area (Å²) in [6, 6.07) is 8.09. The number of fused-ring (bicyclic) bond motifs is 1. The third-order valence-corrected chi connectivity index (χ3v) is 4.55. The molecule has 3 nitrogen and oxygen atoms in total. The molecule has 20 heavy (non-hydrogen) atoms. The van der Waals surface area contributed by atoms with Crippen molar-refractivity contribution in [1.29, 1.82) is 5.26 Å². The van der Waals surface area contributed by atoms with Crippen molar-refractivity contribution in [3.05, 3.63) is 29.6 Å². The van der Waals surface area contributed by atoms with Crippen LogP contribution in [-0.2, 0) is 6.54 Å². The van der Waals surface area contributed by atoms with Crippen molar-refractivity contribution in [3.63, 3.8) is 0 Å². The summed E-state index contributed by atoms with van der Waals surface area (Å²) in [5, 5.41) is 9.05. The third-order valence-electron chi connectivity index (χ3n) is 4.55. The molecule has 2 unspecified atom stereocenters. The van der Waals surface area contributed by atoms with Gasteiger partial charge in [-0.2, -0.15) is 5.26 Å². The second kappa shape index (κ2) is 5.28. The predicted molar refractivity (Wildman–Crippen MR) is 80.5 cm³/mol. The van der Waals surface area contributed by atoms with E-state index in [1.165, 1.54) is 30.6 Å². The second-order valence-corrected chi connectivity index (χ2v) is 5.95. The van der Waals surface area contributed by atoms with Crippen molar-refractivity contribution < 1.29 is 0 Å². The first-order valence-corrected chi connectivity index (χ1v) is 7.65. The van der Waals surface area contributed by atoms with Crippen LogP contribution < -0.4 is 0 Å². The zero-order valence-corrected chi connectivity index (χ0v) is 12.3. The summed E-state index contributed by atoms with van der Waals surface area (Å²) >= 11 is 0. The van der Waals surface area contributed by atoms with Gasteiger partial charge in [-0.1, -0.05) is 20.3 Å². The Labute approximate surface area is 120 Å². The molecule has 1 aromatic heterocycles. The van der Waals surface area contributed by atoms with E-state index in [1.54, 1.807) is 0 Å². The molecule has 2 aromatic rings. The minimum absolute atomic E-state index is 0.583. The molecule has 0 spiro atoms. The molecule has 0 N–H and O–H groups in total. The molecule has 1 fully saturated rings. The number of aromatic nitrogens is 2. The highest BCUT2D eigenvalue weighted by Gasteiger charge is 2.29. The first-order chi connectivity index (χ1) is 9.74. The number of rotatable bonds is 3. The first-order valence-electron chi connectivity index (χ1n) is 7.65. The van der Waals surface area contributed by atoms with E-state index in [9.17, 15) is 0 Å². The van der Waals surface area contributed by atoms with Crippen LogP contribution in [0.4, 0.5) is 0 Å². The van der Waals surface area contributed by atoms with E-state index in [2.05, 4.69) is 30.6 Å². The molecular formula is C17H21N3. The van der Waals surface area contributed by atoms with Gasteiger partial charge in [-0.05, 0) is 43.4 Å². The molecule has 3 heteroatoms. The Hall–Kier alpha value is -1.82. The zero-order chi connectivity index (χ0) is 14.1. The fourth-order valence-electron chi connectivity index (χ4n) is 3.49. The molecule has 0 amide bonds. The number of aryl methyl sites for hydroxylation is 1. The van der Waals surface area contributed by atoms with Gasteiger partial charge in [0.05, 0.1) is 22.7 Å². The molecule has 1 saturated carbocycles. The summed E-state index contributed by atoms with van der Waals surface area (Å²) in [5.41, 5.74) is 2.86. The molecule has 104 valence electrons. The molecular weight excluding hydrogens is 246 g/mol. The van der Waals surface area contributed by atoms with Crippen LogP contribution >= 0.6 is 0 Å². The average molecular weight is 267 g/mol. The van der Waals surface area contributed by atoms with Crippen LogP contribution in [0, 0.1) is 17.2 Å². The topological polar surface area (TPSA) is 41.6 Å². The Bertz CT molecular complexity index is 663. The molecule has 0 saturated heterocycles. The summed E-state index contributed by atoms with van der Waals surface area (Å²) in [6.45, 7) is 5.56. The van der Waals surface area contributed by atoms with Gasteiger partial charge in [0.15, 0.2) is 0 Å². The zero-order valence-electron chi connectivity index (χ0n) is 12.3. The van der Waals surface area contributed by atoms with E-state index in [0.29, 0.717) is 11.5 Å². The van der Waals surface area contributed by atoms with E-state index in [1.807, 2.05) is 12.1 Å². The van der Waals surface area contributed by atoms with Gasteiger partial charge in [0.25, 0.3) is 0 Å². The highest BCUT2D eigenvalue weighted by Crippen LogP contribution is 2.39. The highest BCUT2D eigenvalue weighted by atomic mass is 15.1. The lowest BCUT2D eigenvalue weighted by molar-refractivity contribution is 0.484. The van der Waals surface area contributed by atoms with Gasteiger partial charge in [0.1, 0.15) is 5.82 Å². The molecule has 1 aromatic carbocycles. The number of hydrogen-bond acceptors (Lipinski definition) is 2. The van der Waals surface area contributed by atoms with E-state index in [4.69, 9.17) is 10.2 Å². The van der Waals surface area contributed by atoms with Crippen LogP contribution in [0.3, 0.4) is 0 Å². The monoisotopic (exact) mass is 267 g/mol. The van der Waals surface area contributed by atoms with Crippen molar-refractivity contribution in [3.8, 4) is 6.07 Å². The summed E-state index contributed by atoms with van der Waals surface area (Å²) in [7, 11) is 0. The third kappa shape index (κ3) is 2.10. The molecule has 1 heterocycles. The first kappa shape index (κ1) is 13.2. The van der Waals surface area contributed by atoms with Gasteiger partial charge >= 0.3 is 0 Å².